The van der Waals surface area contributed by atoms with Crippen molar-refractivity contribution in [1.82, 2.24) is 15.8 Å². The highest BCUT2D eigenvalue weighted by atomic mass is 16.5. The van der Waals surface area contributed by atoms with E-state index in [0.29, 0.717) is 23.4 Å². The maximum atomic E-state index is 12.6. The first-order valence-electron chi connectivity index (χ1n) is 9.86. The number of hydrogen-bond donors (Lipinski definition) is 2. The number of nitrogens with zero attached hydrogens (tertiary/aromatic N) is 1. The van der Waals surface area contributed by atoms with Crippen molar-refractivity contribution in [3.8, 4) is 0 Å². The van der Waals surface area contributed by atoms with E-state index in [2.05, 4.69) is 31.5 Å². The maximum absolute atomic E-state index is 12.6. The zero-order valence-corrected chi connectivity index (χ0v) is 17.0. The number of amides is 4. The summed E-state index contributed by atoms with van der Waals surface area (Å²) in [5.41, 5.74) is 2.67. The van der Waals surface area contributed by atoms with Crippen LogP contribution in [-0.4, -0.2) is 41.0 Å². The van der Waals surface area contributed by atoms with Crippen LogP contribution in [0.5, 0.6) is 0 Å². The van der Waals surface area contributed by atoms with Gasteiger partial charge < -0.3 is 10.1 Å². The highest BCUT2D eigenvalue weighted by Gasteiger charge is 2.52. The number of esters is 1. The van der Waals surface area contributed by atoms with Crippen LogP contribution in [0.3, 0.4) is 0 Å². The van der Waals surface area contributed by atoms with Crippen molar-refractivity contribution in [2.75, 3.05) is 6.61 Å². The summed E-state index contributed by atoms with van der Waals surface area (Å²) in [7, 11) is 0. The van der Waals surface area contributed by atoms with Gasteiger partial charge >= 0.3 is 12.0 Å². The molecule has 1 aromatic carbocycles. The first kappa shape index (κ1) is 20.8. The van der Waals surface area contributed by atoms with E-state index in [1.54, 1.807) is 12.1 Å². The Kier molecular flexibility index (Phi) is 5.64. The summed E-state index contributed by atoms with van der Waals surface area (Å²) in [6.45, 7) is 5.61. The van der Waals surface area contributed by atoms with E-state index in [1.165, 1.54) is 0 Å². The van der Waals surface area contributed by atoms with Gasteiger partial charge in [-0.2, -0.15) is 5.01 Å². The molecule has 1 saturated carbocycles. The topological polar surface area (TPSA) is 105 Å². The molecule has 1 saturated heterocycles. The fourth-order valence-electron chi connectivity index (χ4n) is 3.69. The quantitative estimate of drug-likeness (QED) is 0.596. The van der Waals surface area contributed by atoms with Crippen molar-refractivity contribution in [3.05, 3.63) is 35.4 Å². The number of urea groups is 1. The third-order valence-corrected chi connectivity index (χ3v) is 5.43. The molecule has 1 heterocycles. The minimum absolute atomic E-state index is 0.0408. The number of benzene rings is 1. The molecule has 29 heavy (non-hydrogen) atoms. The lowest BCUT2D eigenvalue weighted by molar-refractivity contribution is -0.140. The van der Waals surface area contributed by atoms with Crippen molar-refractivity contribution in [2.45, 2.75) is 63.8 Å². The molecule has 1 aliphatic heterocycles. The van der Waals surface area contributed by atoms with Crippen LogP contribution in [0.4, 0.5) is 4.79 Å². The summed E-state index contributed by atoms with van der Waals surface area (Å²) in [5, 5.41) is 3.39. The van der Waals surface area contributed by atoms with E-state index >= 15 is 0 Å². The highest BCUT2D eigenvalue weighted by Crippen LogP contribution is 2.33. The Morgan fingerprint density at radius 1 is 1.10 bits per heavy atom. The average molecular weight is 401 g/mol. The van der Waals surface area contributed by atoms with Gasteiger partial charge in [0.1, 0.15) is 5.54 Å². The first-order chi connectivity index (χ1) is 13.6. The summed E-state index contributed by atoms with van der Waals surface area (Å²) in [6, 6.07) is 6.31. The second-order valence-corrected chi connectivity index (χ2v) is 8.65. The second kappa shape index (κ2) is 7.85. The molecule has 8 nitrogen and oxygen atoms in total. The molecule has 2 aliphatic rings. The van der Waals surface area contributed by atoms with Crippen molar-refractivity contribution in [3.63, 3.8) is 0 Å². The Hall–Kier alpha value is -2.90. The zero-order chi connectivity index (χ0) is 21.2. The predicted molar refractivity (Wildman–Crippen MR) is 105 cm³/mol. The number of hydrogen-bond acceptors (Lipinski definition) is 5. The molecule has 0 radical (unpaired) electrons. The Morgan fingerprint density at radius 3 is 2.31 bits per heavy atom. The molecular formula is C21H27N3O5. The molecule has 0 atom stereocenters. The number of imide groups is 1. The lowest BCUT2D eigenvalue weighted by atomic mass is 9.82. The van der Waals surface area contributed by atoms with Gasteiger partial charge in [0.25, 0.3) is 11.8 Å². The minimum atomic E-state index is -0.923. The summed E-state index contributed by atoms with van der Waals surface area (Å²) in [5.74, 6) is -1.86. The Labute approximate surface area is 169 Å². The van der Waals surface area contributed by atoms with Crippen molar-refractivity contribution < 1.29 is 23.9 Å². The largest absolute Gasteiger partial charge is 0.452 e. The van der Waals surface area contributed by atoms with Gasteiger partial charge in [-0.1, -0.05) is 52.2 Å². The summed E-state index contributed by atoms with van der Waals surface area (Å²) in [6.07, 6.45) is 3.83. The fourth-order valence-corrected chi connectivity index (χ4v) is 3.69. The van der Waals surface area contributed by atoms with Gasteiger partial charge in [0.2, 0.25) is 0 Å². The molecule has 0 unspecified atom stereocenters. The van der Waals surface area contributed by atoms with Crippen LogP contribution in [0.25, 0.3) is 0 Å². The van der Waals surface area contributed by atoms with E-state index in [-0.39, 0.29) is 5.41 Å². The third kappa shape index (κ3) is 4.41. The van der Waals surface area contributed by atoms with Crippen LogP contribution in [-0.2, 0) is 19.7 Å². The molecule has 2 N–H and O–H groups in total. The lowest BCUT2D eigenvalue weighted by Crippen LogP contribution is -2.51. The van der Waals surface area contributed by atoms with Crippen molar-refractivity contribution >= 4 is 23.8 Å². The van der Waals surface area contributed by atoms with Gasteiger partial charge in [-0.3, -0.25) is 15.0 Å². The number of hydrazine groups is 1. The number of carbonyl (C=O) groups excluding carboxylic acids is 4. The van der Waals surface area contributed by atoms with Gasteiger partial charge in [0.05, 0.1) is 5.56 Å². The molecule has 2 fully saturated rings. The molecule has 1 spiro atoms. The molecule has 0 aromatic heterocycles. The van der Waals surface area contributed by atoms with Crippen molar-refractivity contribution in [1.29, 1.82) is 0 Å². The highest BCUT2D eigenvalue weighted by molar-refractivity contribution is 6.08. The van der Waals surface area contributed by atoms with Crippen LogP contribution in [0.2, 0.25) is 0 Å². The number of ether oxygens (including phenoxy) is 1. The van der Waals surface area contributed by atoms with Crippen LogP contribution in [0.1, 0.15) is 68.8 Å². The fraction of sp³-hybridized carbons (Fsp3) is 0.524. The zero-order valence-electron chi connectivity index (χ0n) is 17.0. The second-order valence-electron chi connectivity index (χ2n) is 8.65. The molecule has 0 bridgehead atoms. The Balaban J connectivity index is 1.54. The number of carbonyl (C=O) groups is 4. The van der Waals surface area contributed by atoms with Crippen LogP contribution < -0.4 is 10.7 Å². The minimum Gasteiger partial charge on any atom is -0.452 e. The van der Waals surface area contributed by atoms with Crippen LogP contribution >= 0.6 is 0 Å². The van der Waals surface area contributed by atoms with Gasteiger partial charge in [0, 0.05) is 0 Å². The Morgan fingerprint density at radius 2 is 1.72 bits per heavy atom. The summed E-state index contributed by atoms with van der Waals surface area (Å²) < 4.78 is 5.01. The van der Waals surface area contributed by atoms with Crippen LogP contribution in [0, 0.1) is 0 Å². The molecule has 3 rings (SSSR count). The normalized spacial score (nSPS) is 18.5. The standard InChI is InChI=1S/C21H27N3O5/c1-20(2,3)15-9-7-14(8-10-15)17(26)29-13-16(25)23-24-18(27)21(22-19(24)28)11-5-4-6-12-21/h7-10H,4-6,11-13H2,1-3H3,(H,22,28)(H,23,25). The molecule has 1 aromatic rings. The van der Waals surface area contributed by atoms with Gasteiger partial charge in [0.15, 0.2) is 6.61 Å². The van der Waals surface area contributed by atoms with E-state index in [4.69, 9.17) is 4.74 Å². The molecule has 1 aliphatic carbocycles. The van der Waals surface area contributed by atoms with Gasteiger partial charge in [-0.15, -0.1) is 0 Å². The molecule has 4 amide bonds. The maximum Gasteiger partial charge on any atom is 0.344 e. The number of rotatable bonds is 4. The molecule has 156 valence electrons. The lowest BCUT2D eigenvalue weighted by Gasteiger charge is -2.30. The monoisotopic (exact) mass is 401 g/mol. The van der Waals surface area contributed by atoms with Gasteiger partial charge in [-0.05, 0) is 36.0 Å². The average Bonchev–Trinajstić information content (AvgIpc) is 2.90. The smallest absolute Gasteiger partial charge is 0.344 e. The van der Waals surface area contributed by atoms with E-state index < -0.39 is 36.0 Å². The van der Waals surface area contributed by atoms with E-state index in [1.807, 2.05) is 12.1 Å². The summed E-state index contributed by atoms with van der Waals surface area (Å²) >= 11 is 0. The Bertz CT molecular complexity index is 820. The van der Waals surface area contributed by atoms with E-state index in [9.17, 15) is 19.2 Å². The van der Waals surface area contributed by atoms with Crippen molar-refractivity contribution in [2.24, 2.45) is 0 Å². The molecule has 8 heteroatoms. The van der Waals surface area contributed by atoms with Gasteiger partial charge in [-0.25, -0.2) is 9.59 Å². The molecular weight excluding hydrogens is 374 g/mol. The summed E-state index contributed by atoms with van der Waals surface area (Å²) in [4.78, 5) is 49.0. The van der Waals surface area contributed by atoms with E-state index in [0.717, 1.165) is 24.8 Å². The third-order valence-electron chi connectivity index (χ3n) is 5.43. The SMILES string of the molecule is CC(C)(C)c1ccc(C(=O)OCC(=O)NN2C(=O)NC3(CCCCC3)C2=O)cc1. The number of nitrogens with one attached hydrogen (secondary N) is 2. The van der Waals surface area contributed by atoms with Crippen LogP contribution in [0.15, 0.2) is 24.3 Å². The predicted octanol–water partition coefficient (Wildman–Crippen LogP) is 2.43. The first-order valence-corrected chi connectivity index (χ1v) is 9.86.